The monoisotopic (exact) mass is 454 g/mol. The van der Waals surface area contributed by atoms with Crippen molar-refractivity contribution in [3.05, 3.63) is 77.9 Å². The number of aliphatic imine (C=N–C) groups is 1. The number of anilines is 2. The van der Waals surface area contributed by atoms with Crippen LogP contribution in [0.15, 0.2) is 66.2 Å². The maximum atomic E-state index is 5.89. The molecule has 0 fully saturated rings. The normalized spacial score (nSPS) is 11.9. The first-order valence-corrected chi connectivity index (χ1v) is 10.8. The van der Waals surface area contributed by atoms with E-state index >= 15 is 0 Å². The molecule has 4 rings (SSSR count). The van der Waals surface area contributed by atoms with Crippen LogP contribution >= 0.6 is 0 Å². The Bertz CT molecular complexity index is 1350. The molecule has 0 spiro atoms. The molecule has 0 aromatic carbocycles. The number of aromatic nitrogens is 5. The Kier molecular flexibility index (Phi) is 7.02. The molecular formula is C25H26N8O. The largest absolute Gasteiger partial charge is 0.481 e. The Morgan fingerprint density at radius 1 is 1.12 bits per heavy atom. The second kappa shape index (κ2) is 10.5. The van der Waals surface area contributed by atoms with E-state index in [4.69, 9.17) is 15.5 Å². The van der Waals surface area contributed by atoms with Crippen LogP contribution in [0.4, 0.5) is 11.6 Å². The summed E-state index contributed by atoms with van der Waals surface area (Å²) in [6.07, 6.45) is 8.42. The zero-order valence-electron chi connectivity index (χ0n) is 19.3. The Balaban J connectivity index is 1.55. The van der Waals surface area contributed by atoms with Gasteiger partial charge in [0.05, 0.1) is 30.9 Å². The van der Waals surface area contributed by atoms with Crippen LogP contribution in [0.1, 0.15) is 36.5 Å². The summed E-state index contributed by atoms with van der Waals surface area (Å²) in [5, 5.41) is 11.4. The predicted molar refractivity (Wildman–Crippen MR) is 134 cm³/mol. The Morgan fingerprint density at radius 3 is 2.79 bits per heavy atom. The third-order valence-corrected chi connectivity index (χ3v) is 5.18. The molecule has 0 saturated carbocycles. The van der Waals surface area contributed by atoms with E-state index in [9.17, 15) is 0 Å². The Morgan fingerprint density at radius 2 is 2.00 bits per heavy atom. The summed E-state index contributed by atoms with van der Waals surface area (Å²) >= 11 is 0. The lowest BCUT2D eigenvalue weighted by Gasteiger charge is -2.09. The van der Waals surface area contributed by atoms with E-state index in [0.717, 1.165) is 33.3 Å². The first-order valence-electron chi connectivity index (χ1n) is 10.8. The highest BCUT2D eigenvalue weighted by Crippen LogP contribution is 2.22. The van der Waals surface area contributed by atoms with Crippen molar-refractivity contribution in [3.63, 3.8) is 0 Å². The van der Waals surface area contributed by atoms with Crippen LogP contribution in [-0.4, -0.2) is 38.5 Å². The van der Waals surface area contributed by atoms with Gasteiger partial charge in [0.15, 0.2) is 5.82 Å². The second-order valence-electron chi connectivity index (χ2n) is 7.88. The number of nitrogens with two attached hydrogens (primary N) is 1. The number of nitrogens with zero attached hydrogens (tertiary/aromatic N) is 6. The summed E-state index contributed by atoms with van der Waals surface area (Å²) in [6.45, 7) is 4.64. The maximum absolute atomic E-state index is 5.89. The number of hydrogen-bond donors (Lipinski definition) is 2. The minimum absolute atomic E-state index is 0.356. The average Bonchev–Trinajstić information content (AvgIpc) is 2.86. The van der Waals surface area contributed by atoms with Gasteiger partial charge in [-0.3, -0.25) is 9.98 Å². The lowest BCUT2D eigenvalue weighted by Crippen LogP contribution is -2.00. The van der Waals surface area contributed by atoms with Gasteiger partial charge in [0.25, 0.3) is 0 Å². The molecule has 0 aliphatic heterocycles. The fourth-order valence-electron chi connectivity index (χ4n) is 3.31. The third kappa shape index (κ3) is 5.32. The van der Waals surface area contributed by atoms with Gasteiger partial charge in [0.2, 0.25) is 5.88 Å². The van der Waals surface area contributed by atoms with Crippen LogP contribution in [0.25, 0.3) is 16.6 Å². The van der Waals surface area contributed by atoms with Gasteiger partial charge in [-0.05, 0) is 41.8 Å². The minimum atomic E-state index is 0.356. The van der Waals surface area contributed by atoms with Gasteiger partial charge in [0, 0.05) is 41.5 Å². The van der Waals surface area contributed by atoms with E-state index in [0.29, 0.717) is 30.0 Å². The SMILES string of the molecule is COc1ncccc1CN=CC(=CN)c1cnc2ccc(Nc3cc(C(C)C)cnn3)nc2c1. The van der Waals surface area contributed by atoms with Crippen LogP contribution in [-0.2, 0) is 6.54 Å². The fraction of sp³-hybridized carbons (Fsp3) is 0.200. The van der Waals surface area contributed by atoms with E-state index in [1.54, 1.807) is 31.9 Å². The predicted octanol–water partition coefficient (Wildman–Crippen LogP) is 4.26. The molecule has 9 nitrogen and oxygen atoms in total. The van der Waals surface area contributed by atoms with Crippen molar-refractivity contribution < 1.29 is 4.74 Å². The number of fused-ring (bicyclic) bond motifs is 1. The van der Waals surface area contributed by atoms with Crippen molar-refractivity contribution in [2.75, 3.05) is 12.4 Å². The topological polar surface area (TPSA) is 124 Å². The highest BCUT2D eigenvalue weighted by atomic mass is 16.5. The molecule has 0 radical (unpaired) electrons. The minimum Gasteiger partial charge on any atom is -0.481 e. The molecule has 172 valence electrons. The molecule has 0 aliphatic carbocycles. The molecule has 9 heteroatoms. The zero-order chi connectivity index (χ0) is 23.9. The van der Waals surface area contributed by atoms with Crippen molar-refractivity contribution in [1.82, 2.24) is 25.1 Å². The second-order valence-corrected chi connectivity index (χ2v) is 7.88. The van der Waals surface area contributed by atoms with Crippen molar-refractivity contribution in [1.29, 1.82) is 0 Å². The van der Waals surface area contributed by atoms with Gasteiger partial charge >= 0.3 is 0 Å². The van der Waals surface area contributed by atoms with E-state index in [-0.39, 0.29) is 0 Å². The zero-order valence-corrected chi connectivity index (χ0v) is 19.3. The number of nitrogens with one attached hydrogen (secondary N) is 1. The quantitative estimate of drug-likeness (QED) is 0.378. The van der Waals surface area contributed by atoms with Gasteiger partial charge in [0.1, 0.15) is 5.82 Å². The van der Waals surface area contributed by atoms with Gasteiger partial charge in [-0.15, -0.1) is 5.10 Å². The van der Waals surface area contributed by atoms with E-state index in [2.05, 4.69) is 44.3 Å². The van der Waals surface area contributed by atoms with Crippen LogP contribution in [0.5, 0.6) is 5.88 Å². The van der Waals surface area contributed by atoms with Crippen LogP contribution in [0.3, 0.4) is 0 Å². The van der Waals surface area contributed by atoms with Crippen molar-refractivity contribution in [3.8, 4) is 5.88 Å². The molecule has 0 aliphatic rings. The summed E-state index contributed by atoms with van der Waals surface area (Å²) in [7, 11) is 1.59. The first kappa shape index (κ1) is 22.8. The highest BCUT2D eigenvalue weighted by Gasteiger charge is 2.07. The lowest BCUT2D eigenvalue weighted by atomic mass is 10.1. The molecule has 0 saturated heterocycles. The molecular weight excluding hydrogens is 428 g/mol. The number of rotatable bonds is 8. The van der Waals surface area contributed by atoms with Crippen molar-refractivity contribution >= 4 is 34.5 Å². The number of allylic oxidation sites excluding steroid dienone is 1. The van der Waals surface area contributed by atoms with E-state index < -0.39 is 0 Å². The number of methoxy groups -OCH3 is 1. The molecule has 0 amide bonds. The third-order valence-electron chi connectivity index (χ3n) is 5.18. The Labute approximate surface area is 197 Å². The molecule has 4 aromatic heterocycles. The molecule has 34 heavy (non-hydrogen) atoms. The summed E-state index contributed by atoms with van der Waals surface area (Å²) in [5.41, 5.74) is 10.9. The number of ether oxygens (including phenoxy) is 1. The number of hydrogen-bond acceptors (Lipinski definition) is 9. The smallest absolute Gasteiger partial charge is 0.218 e. The summed E-state index contributed by atoms with van der Waals surface area (Å²) in [4.78, 5) is 17.9. The maximum Gasteiger partial charge on any atom is 0.218 e. The first-order chi connectivity index (χ1) is 16.6. The van der Waals surface area contributed by atoms with E-state index in [1.807, 2.05) is 36.4 Å². The molecule has 4 heterocycles. The van der Waals surface area contributed by atoms with E-state index in [1.165, 1.54) is 6.20 Å². The lowest BCUT2D eigenvalue weighted by molar-refractivity contribution is 0.392. The van der Waals surface area contributed by atoms with Crippen LogP contribution in [0.2, 0.25) is 0 Å². The summed E-state index contributed by atoms with van der Waals surface area (Å²) < 4.78 is 5.28. The molecule has 0 bridgehead atoms. The fourth-order valence-corrected chi connectivity index (χ4v) is 3.31. The van der Waals surface area contributed by atoms with Gasteiger partial charge in [-0.2, -0.15) is 5.10 Å². The summed E-state index contributed by atoms with van der Waals surface area (Å²) in [5.74, 6) is 2.20. The molecule has 4 aromatic rings. The van der Waals surface area contributed by atoms with Crippen LogP contribution in [0, 0.1) is 0 Å². The molecule has 3 N–H and O–H groups in total. The van der Waals surface area contributed by atoms with Gasteiger partial charge in [-0.25, -0.2) is 9.97 Å². The van der Waals surface area contributed by atoms with Gasteiger partial charge in [-0.1, -0.05) is 19.9 Å². The highest BCUT2D eigenvalue weighted by molar-refractivity contribution is 6.10. The van der Waals surface area contributed by atoms with Crippen molar-refractivity contribution in [2.24, 2.45) is 10.7 Å². The molecule has 0 atom stereocenters. The van der Waals surface area contributed by atoms with Crippen LogP contribution < -0.4 is 15.8 Å². The average molecular weight is 455 g/mol. The summed E-state index contributed by atoms with van der Waals surface area (Å²) in [6, 6.07) is 11.4. The van der Waals surface area contributed by atoms with Crippen molar-refractivity contribution in [2.45, 2.75) is 26.3 Å². The molecule has 0 unspecified atom stereocenters. The Hall–Kier alpha value is -4.40. The number of pyridine rings is 3. The van der Waals surface area contributed by atoms with Gasteiger partial charge < -0.3 is 15.8 Å². The standard InChI is InChI=1S/C25H26N8O/c1-16(2)18-10-24(33-30-15-18)32-23-7-6-21-22(31-23)9-19(14-29-21)20(11-26)13-27-12-17-5-4-8-28-25(17)34-3/h4-11,13-16H,12,26H2,1-3H3,(H,31,32,33).